The van der Waals surface area contributed by atoms with Crippen LogP contribution in [-0.4, -0.2) is 36.9 Å². The van der Waals surface area contributed by atoms with Crippen molar-refractivity contribution < 1.29 is 24.1 Å². The third-order valence-corrected chi connectivity index (χ3v) is 4.02. The molecule has 3 rings (SSSR count). The van der Waals surface area contributed by atoms with Gasteiger partial charge < -0.3 is 19.3 Å². The van der Waals surface area contributed by atoms with Crippen LogP contribution in [0.1, 0.15) is 17.3 Å². The first-order chi connectivity index (χ1) is 12.6. The van der Waals surface area contributed by atoms with Gasteiger partial charge in [-0.3, -0.25) is 4.98 Å². The number of hydrogen-bond donors (Lipinski definition) is 1. The van der Waals surface area contributed by atoms with Gasteiger partial charge in [-0.2, -0.15) is 0 Å². The van der Waals surface area contributed by atoms with Crippen LogP contribution < -0.4 is 9.47 Å². The van der Waals surface area contributed by atoms with Gasteiger partial charge in [0, 0.05) is 23.2 Å². The molecule has 0 saturated heterocycles. The minimum atomic E-state index is -0.604. The number of ether oxygens (including phenoxy) is 3. The topological polar surface area (TPSA) is 77.9 Å². The maximum atomic E-state index is 12.5. The minimum Gasteiger partial charge on any atom is -0.506 e. The first-order valence-corrected chi connectivity index (χ1v) is 8.10. The van der Waals surface area contributed by atoms with Gasteiger partial charge in [-0.1, -0.05) is 0 Å². The monoisotopic (exact) mass is 353 g/mol. The molecule has 26 heavy (non-hydrogen) atoms. The molecule has 0 atom stereocenters. The molecule has 1 N–H and O–H groups in total. The Labute approximate surface area is 151 Å². The maximum absolute atomic E-state index is 12.5. The lowest BCUT2D eigenvalue weighted by molar-refractivity contribution is 0.0524. The molecule has 0 saturated carbocycles. The molecule has 1 heterocycles. The van der Waals surface area contributed by atoms with E-state index < -0.39 is 5.97 Å². The second kappa shape index (κ2) is 7.31. The largest absolute Gasteiger partial charge is 0.506 e. The van der Waals surface area contributed by atoms with E-state index >= 15 is 0 Å². The van der Waals surface area contributed by atoms with Gasteiger partial charge in [0.2, 0.25) is 0 Å². The number of rotatable bonds is 5. The Balaban J connectivity index is 2.34. The summed E-state index contributed by atoms with van der Waals surface area (Å²) in [6.45, 7) is 1.91. The molecular weight excluding hydrogens is 334 g/mol. The highest BCUT2D eigenvalue weighted by atomic mass is 16.5. The molecular formula is C20H19NO5. The summed E-state index contributed by atoms with van der Waals surface area (Å²) in [5.41, 5.74) is 1.79. The van der Waals surface area contributed by atoms with E-state index in [2.05, 4.69) is 4.98 Å². The van der Waals surface area contributed by atoms with Crippen LogP contribution in [0, 0.1) is 0 Å². The number of hydrogen-bond acceptors (Lipinski definition) is 6. The van der Waals surface area contributed by atoms with Gasteiger partial charge in [0.15, 0.2) is 0 Å². The lowest BCUT2D eigenvalue weighted by Crippen LogP contribution is -2.07. The van der Waals surface area contributed by atoms with Gasteiger partial charge in [0.25, 0.3) is 0 Å². The van der Waals surface area contributed by atoms with E-state index in [-0.39, 0.29) is 17.9 Å². The molecule has 1 aromatic heterocycles. The fourth-order valence-electron chi connectivity index (χ4n) is 2.80. The first-order valence-electron chi connectivity index (χ1n) is 8.10. The summed E-state index contributed by atoms with van der Waals surface area (Å²) >= 11 is 0. The third-order valence-electron chi connectivity index (χ3n) is 4.02. The summed E-state index contributed by atoms with van der Waals surface area (Å²) < 4.78 is 15.8. The van der Waals surface area contributed by atoms with Crippen LogP contribution in [0.5, 0.6) is 17.2 Å². The Morgan fingerprint density at radius 3 is 2.42 bits per heavy atom. The van der Waals surface area contributed by atoms with Crippen molar-refractivity contribution in [2.24, 2.45) is 0 Å². The van der Waals surface area contributed by atoms with Crippen molar-refractivity contribution in [2.45, 2.75) is 6.92 Å². The highest BCUT2D eigenvalue weighted by Crippen LogP contribution is 2.39. The van der Waals surface area contributed by atoms with Gasteiger partial charge >= 0.3 is 5.97 Å². The number of pyridine rings is 1. The molecule has 0 radical (unpaired) electrons. The Morgan fingerprint density at radius 1 is 1.12 bits per heavy atom. The molecule has 0 fully saturated rings. The normalized spacial score (nSPS) is 10.6. The molecule has 0 aliphatic rings. The number of carbonyl (C=O) groups is 1. The predicted molar refractivity (Wildman–Crippen MR) is 97.9 cm³/mol. The van der Waals surface area contributed by atoms with Crippen LogP contribution >= 0.6 is 0 Å². The van der Waals surface area contributed by atoms with Crippen molar-refractivity contribution in [2.75, 3.05) is 20.8 Å². The van der Waals surface area contributed by atoms with E-state index in [9.17, 15) is 9.90 Å². The Bertz CT molecular complexity index is 946. The number of phenolic OH excluding ortho intramolecular Hbond substituents is 1. The van der Waals surface area contributed by atoms with E-state index in [1.807, 2.05) is 0 Å². The van der Waals surface area contributed by atoms with Crippen LogP contribution in [0.4, 0.5) is 0 Å². The van der Waals surface area contributed by atoms with Crippen molar-refractivity contribution in [3.8, 4) is 28.4 Å². The van der Waals surface area contributed by atoms with Gasteiger partial charge in [0.05, 0.1) is 26.3 Å². The summed E-state index contributed by atoms with van der Waals surface area (Å²) in [6.07, 6.45) is 1.63. The summed E-state index contributed by atoms with van der Waals surface area (Å²) in [5.74, 6) is 0.364. The molecule has 6 heteroatoms. The second-order valence-corrected chi connectivity index (χ2v) is 5.54. The molecule has 0 amide bonds. The van der Waals surface area contributed by atoms with Crippen LogP contribution in [0.2, 0.25) is 0 Å². The number of esters is 1. The Hall–Kier alpha value is -3.28. The lowest BCUT2D eigenvalue weighted by Gasteiger charge is -2.15. The first kappa shape index (κ1) is 17.5. The van der Waals surface area contributed by atoms with E-state index in [4.69, 9.17) is 14.2 Å². The molecule has 0 aliphatic carbocycles. The molecule has 2 aromatic carbocycles. The lowest BCUT2D eigenvalue weighted by atomic mass is 9.95. The molecule has 0 spiro atoms. The summed E-state index contributed by atoms with van der Waals surface area (Å²) in [5, 5.41) is 11.2. The van der Waals surface area contributed by atoms with Gasteiger partial charge in [0.1, 0.15) is 22.8 Å². The molecule has 0 unspecified atom stereocenters. The maximum Gasteiger partial charge on any atom is 0.342 e. The van der Waals surface area contributed by atoms with Crippen molar-refractivity contribution >= 4 is 16.9 Å². The number of aromatic nitrogens is 1. The average Bonchev–Trinajstić information content (AvgIpc) is 2.67. The van der Waals surface area contributed by atoms with Gasteiger partial charge in [-0.15, -0.1) is 0 Å². The Kier molecular flexibility index (Phi) is 4.93. The summed E-state index contributed by atoms with van der Waals surface area (Å²) in [7, 11) is 3.09. The fourth-order valence-corrected chi connectivity index (χ4v) is 2.80. The van der Waals surface area contributed by atoms with Crippen LogP contribution in [0.25, 0.3) is 22.0 Å². The number of carbonyl (C=O) groups excluding carboxylic acids is 1. The number of fused-ring (bicyclic) bond motifs is 1. The van der Waals surface area contributed by atoms with Crippen LogP contribution in [0.3, 0.4) is 0 Å². The minimum absolute atomic E-state index is 0.0858. The molecule has 134 valence electrons. The van der Waals surface area contributed by atoms with Gasteiger partial charge in [-0.25, -0.2) is 4.79 Å². The number of benzene rings is 2. The zero-order valence-electron chi connectivity index (χ0n) is 14.8. The smallest absolute Gasteiger partial charge is 0.342 e. The van der Waals surface area contributed by atoms with E-state index in [1.165, 1.54) is 0 Å². The number of methoxy groups -OCH3 is 2. The van der Waals surface area contributed by atoms with Crippen molar-refractivity contribution in [3.63, 3.8) is 0 Å². The highest BCUT2D eigenvalue weighted by Gasteiger charge is 2.23. The van der Waals surface area contributed by atoms with Gasteiger partial charge in [-0.05, 0) is 42.8 Å². The highest BCUT2D eigenvalue weighted by molar-refractivity contribution is 6.07. The zero-order chi connectivity index (χ0) is 18.7. The average molecular weight is 353 g/mol. The van der Waals surface area contributed by atoms with E-state index in [0.717, 1.165) is 0 Å². The third kappa shape index (κ3) is 3.13. The zero-order valence-corrected chi connectivity index (χ0v) is 14.8. The Morgan fingerprint density at radius 2 is 1.81 bits per heavy atom. The summed E-state index contributed by atoms with van der Waals surface area (Å²) in [4.78, 5) is 16.8. The SMILES string of the molecule is CCOC(=O)c1c(-c2cc(OC)cc(OC)c2)cc2ncccc2c1O. The quantitative estimate of drug-likeness (QED) is 0.703. The summed E-state index contributed by atoms with van der Waals surface area (Å²) in [6, 6.07) is 10.4. The molecule has 6 nitrogen and oxygen atoms in total. The van der Waals surface area contributed by atoms with Crippen molar-refractivity contribution in [1.29, 1.82) is 0 Å². The molecule has 0 aliphatic heterocycles. The number of aromatic hydroxyl groups is 1. The van der Waals surface area contributed by atoms with Crippen LogP contribution in [-0.2, 0) is 4.74 Å². The standard InChI is InChI=1S/C20H19NO5/c1-4-26-20(23)18-16(11-17-15(19(18)22)6-5-7-21-17)12-8-13(24-2)10-14(9-12)25-3/h5-11,22H,4H2,1-3H3. The number of nitrogens with zero attached hydrogens (tertiary/aromatic N) is 1. The number of phenols is 1. The molecule has 3 aromatic rings. The van der Waals surface area contributed by atoms with Crippen molar-refractivity contribution in [1.82, 2.24) is 4.98 Å². The van der Waals surface area contributed by atoms with E-state index in [0.29, 0.717) is 33.5 Å². The van der Waals surface area contributed by atoms with Crippen molar-refractivity contribution in [3.05, 3.63) is 48.2 Å². The van der Waals surface area contributed by atoms with Crippen LogP contribution in [0.15, 0.2) is 42.6 Å². The second-order valence-electron chi connectivity index (χ2n) is 5.54. The van der Waals surface area contributed by atoms with E-state index in [1.54, 1.807) is 63.7 Å². The predicted octanol–water partition coefficient (Wildman–Crippen LogP) is 3.80. The fraction of sp³-hybridized carbons (Fsp3) is 0.200. The molecule has 0 bridgehead atoms.